The monoisotopic (exact) mass is 380 g/mol. The number of amides is 1. The van der Waals surface area contributed by atoms with Crippen LogP contribution in [0.2, 0.25) is 0 Å². The van der Waals surface area contributed by atoms with E-state index < -0.39 is 5.91 Å². The Morgan fingerprint density at radius 1 is 1.14 bits per heavy atom. The van der Waals surface area contributed by atoms with Crippen molar-refractivity contribution in [1.82, 2.24) is 20.4 Å². The molecule has 0 saturated heterocycles. The first-order valence-corrected chi connectivity index (χ1v) is 8.66. The second-order valence-corrected chi connectivity index (χ2v) is 5.68. The molecule has 3 rings (SSSR count). The van der Waals surface area contributed by atoms with E-state index in [0.717, 1.165) is 16.9 Å². The summed E-state index contributed by atoms with van der Waals surface area (Å²) in [6.45, 7) is 2.62. The Morgan fingerprint density at radius 2 is 2.04 bits per heavy atom. The molecule has 2 aromatic heterocycles. The minimum atomic E-state index is -0.490. The lowest BCUT2D eigenvalue weighted by atomic mass is 10.2. The summed E-state index contributed by atoms with van der Waals surface area (Å²) in [5.41, 5.74) is 4.62. The third-order valence-electron chi connectivity index (χ3n) is 3.73. The number of pyridine rings is 1. The molecule has 1 N–H and O–H groups in total. The molecule has 0 radical (unpaired) electrons. The molecule has 0 aliphatic heterocycles. The van der Waals surface area contributed by atoms with Crippen molar-refractivity contribution >= 4 is 5.91 Å². The number of hydroxylamine groups is 1. The van der Waals surface area contributed by atoms with Gasteiger partial charge in [-0.25, -0.2) is 15.4 Å². The highest BCUT2D eigenvalue weighted by Crippen LogP contribution is 2.18. The van der Waals surface area contributed by atoms with Crippen molar-refractivity contribution in [3.8, 4) is 22.9 Å². The summed E-state index contributed by atoms with van der Waals surface area (Å²) in [6.07, 6.45) is 4.55. The number of rotatable bonds is 8. The quantitative estimate of drug-likeness (QED) is 0.600. The van der Waals surface area contributed by atoms with Crippen molar-refractivity contribution in [2.75, 3.05) is 13.7 Å². The Hall–Kier alpha value is -3.52. The number of carbonyl (C=O) groups is 1. The molecule has 0 fully saturated rings. The van der Waals surface area contributed by atoms with Crippen LogP contribution in [0.25, 0.3) is 11.3 Å². The minimum absolute atomic E-state index is 0.136. The van der Waals surface area contributed by atoms with Crippen LogP contribution in [0.5, 0.6) is 11.6 Å². The normalized spacial score (nSPS) is 10.4. The van der Waals surface area contributed by atoms with Gasteiger partial charge in [-0.05, 0) is 30.7 Å². The summed E-state index contributed by atoms with van der Waals surface area (Å²) in [5.74, 6) is 0.755. The van der Waals surface area contributed by atoms with Gasteiger partial charge in [0.2, 0.25) is 5.88 Å². The molecule has 0 atom stereocenters. The second kappa shape index (κ2) is 9.43. The van der Waals surface area contributed by atoms with Crippen molar-refractivity contribution < 1.29 is 19.1 Å². The molecule has 1 amide bonds. The molecule has 3 aromatic rings. The van der Waals surface area contributed by atoms with Gasteiger partial charge in [0.25, 0.3) is 5.91 Å². The highest BCUT2D eigenvalue weighted by Gasteiger charge is 2.11. The van der Waals surface area contributed by atoms with Crippen molar-refractivity contribution in [2.24, 2.45) is 0 Å². The highest BCUT2D eigenvalue weighted by molar-refractivity contribution is 5.91. The number of nitrogens with one attached hydrogen (secondary N) is 1. The molecule has 0 saturated carbocycles. The Kier molecular flexibility index (Phi) is 6.48. The van der Waals surface area contributed by atoms with E-state index in [4.69, 9.17) is 14.3 Å². The van der Waals surface area contributed by atoms with Gasteiger partial charge in [-0.3, -0.25) is 14.6 Å². The summed E-state index contributed by atoms with van der Waals surface area (Å²) in [4.78, 5) is 30.1. The Morgan fingerprint density at radius 3 is 2.79 bits per heavy atom. The number of ether oxygens (including phenoxy) is 2. The van der Waals surface area contributed by atoms with Gasteiger partial charge in [-0.2, -0.15) is 0 Å². The average Bonchev–Trinajstić information content (AvgIpc) is 2.75. The van der Waals surface area contributed by atoms with Gasteiger partial charge < -0.3 is 9.47 Å². The Balaban J connectivity index is 1.61. The van der Waals surface area contributed by atoms with Crippen LogP contribution in [0.15, 0.2) is 55.0 Å². The number of aromatic nitrogens is 3. The number of nitrogens with zero attached hydrogens (tertiary/aromatic N) is 3. The molecule has 0 spiro atoms. The molecule has 0 aliphatic carbocycles. The van der Waals surface area contributed by atoms with Gasteiger partial charge in [-0.1, -0.05) is 12.1 Å². The molecule has 2 heterocycles. The predicted octanol–water partition coefficient (Wildman–Crippen LogP) is 2.81. The van der Waals surface area contributed by atoms with E-state index in [2.05, 4.69) is 20.4 Å². The fraction of sp³-hybridized carbons (Fsp3) is 0.200. The van der Waals surface area contributed by atoms with Crippen LogP contribution < -0.4 is 15.0 Å². The third kappa shape index (κ3) is 5.01. The molecule has 1 aromatic carbocycles. The number of hydrogen-bond donors (Lipinski definition) is 1. The summed E-state index contributed by atoms with van der Waals surface area (Å²) in [7, 11) is 1.59. The van der Waals surface area contributed by atoms with Crippen LogP contribution in [-0.2, 0) is 11.4 Å². The van der Waals surface area contributed by atoms with Crippen LogP contribution in [0, 0.1) is 0 Å². The first-order chi connectivity index (χ1) is 13.7. The van der Waals surface area contributed by atoms with Gasteiger partial charge in [0.05, 0.1) is 38.4 Å². The molecule has 28 heavy (non-hydrogen) atoms. The van der Waals surface area contributed by atoms with Crippen molar-refractivity contribution in [2.45, 2.75) is 13.5 Å². The van der Waals surface area contributed by atoms with Crippen molar-refractivity contribution in [1.29, 1.82) is 0 Å². The van der Waals surface area contributed by atoms with Gasteiger partial charge in [0.1, 0.15) is 11.4 Å². The third-order valence-corrected chi connectivity index (χ3v) is 3.73. The van der Waals surface area contributed by atoms with Crippen LogP contribution in [0.4, 0.5) is 0 Å². The van der Waals surface area contributed by atoms with Crippen LogP contribution in [0.3, 0.4) is 0 Å². The number of benzene rings is 1. The zero-order valence-corrected chi connectivity index (χ0v) is 15.6. The van der Waals surface area contributed by atoms with E-state index in [9.17, 15) is 4.79 Å². The van der Waals surface area contributed by atoms with Gasteiger partial charge >= 0.3 is 0 Å². The molecular weight excluding hydrogens is 360 g/mol. The smallest absolute Gasteiger partial charge is 0.295 e. The topological polar surface area (TPSA) is 95.5 Å². The van der Waals surface area contributed by atoms with Crippen LogP contribution in [-0.4, -0.2) is 34.6 Å². The zero-order chi connectivity index (χ0) is 19.8. The average molecular weight is 380 g/mol. The Bertz CT molecular complexity index is 931. The van der Waals surface area contributed by atoms with Crippen molar-refractivity contribution in [3.63, 3.8) is 0 Å². The van der Waals surface area contributed by atoms with E-state index >= 15 is 0 Å². The first-order valence-electron chi connectivity index (χ1n) is 8.66. The lowest BCUT2D eigenvalue weighted by Gasteiger charge is -2.08. The Labute approximate surface area is 162 Å². The summed E-state index contributed by atoms with van der Waals surface area (Å²) >= 11 is 0. The fourth-order valence-corrected chi connectivity index (χ4v) is 2.38. The number of carbonyl (C=O) groups excluding carboxylic acids is 1. The van der Waals surface area contributed by atoms with Crippen LogP contribution >= 0.6 is 0 Å². The molecule has 0 unspecified atom stereocenters. The predicted molar refractivity (Wildman–Crippen MR) is 102 cm³/mol. The molecule has 8 nitrogen and oxygen atoms in total. The minimum Gasteiger partial charge on any atom is -0.497 e. The second-order valence-electron chi connectivity index (χ2n) is 5.68. The molecule has 0 aliphatic rings. The fourth-order valence-electron chi connectivity index (χ4n) is 2.38. The lowest BCUT2D eigenvalue weighted by Crippen LogP contribution is -2.24. The van der Waals surface area contributed by atoms with Gasteiger partial charge in [0, 0.05) is 17.8 Å². The molecule has 0 bridgehead atoms. The standard InChI is InChI=1S/C20H20N4O4/c1-3-27-19-8-7-15(10-22-19)17-11-21-12-18(23-17)20(25)24-28-13-14-5-4-6-16(9-14)26-2/h4-12H,3,13H2,1-2H3,(H,24,25). The summed E-state index contributed by atoms with van der Waals surface area (Å²) in [5, 5.41) is 0. The SMILES string of the molecule is CCOc1ccc(-c2cncc(C(=O)NOCc3cccc(OC)c3)n2)cn1. The van der Waals surface area contributed by atoms with E-state index in [1.165, 1.54) is 6.20 Å². The van der Waals surface area contributed by atoms with E-state index in [1.807, 2.05) is 37.3 Å². The van der Waals surface area contributed by atoms with Crippen molar-refractivity contribution in [3.05, 3.63) is 66.2 Å². The van der Waals surface area contributed by atoms with E-state index in [-0.39, 0.29) is 12.3 Å². The van der Waals surface area contributed by atoms with Gasteiger partial charge in [0.15, 0.2) is 0 Å². The number of methoxy groups -OCH3 is 1. The summed E-state index contributed by atoms with van der Waals surface area (Å²) in [6, 6.07) is 10.9. The summed E-state index contributed by atoms with van der Waals surface area (Å²) < 4.78 is 10.5. The van der Waals surface area contributed by atoms with E-state index in [1.54, 1.807) is 25.6 Å². The lowest BCUT2D eigenvalue weighted by molar-refractivity contribution is 0.0228. The highest BCUT2D eigenvalue weighted by atomic mass is 16.6. The zero-order valence-electron chi connectivity index (χ0n) is 15.6. The largest absolute Gasteiger partial charge is 0.497 e. The maximum absolute atomic E-state index is 12.3. The van der Waals surface area contributed by atoms with Crippen LogP contribution in [0.1, 0.15) is 23.0 Å². The molecular formula is C20H20N4O4. The van der Waals surface area contributed by atoms with E-state index in [0.29, 0.717) is 18.2 Å². The maximum Gasteiger partial charge on any atom is 0.295 e. The number of hydrogen-bond acceptors (Lipinski definition) is 7. The molecule has 144 valence electrons. The first kappa shape index (κ1) is 19.2. The van der Waals surface area contributed by atoms with Gasteiger partial charge in [-0.15, -0.1) is 0 Å². The molecule has 8 heteroatoms. The maximum atomic E-state index is 12.3.